The van der Waals surface area contributed by atoms with Gasteiger partial charge in [-0.25, -0.2) is 4.98 Å². The van der Waals surface area contributed by atoms with Gasteiger partial charge in [0.05, 0.1) is 0 Å². The molecule has 1 aliphatic heterocycles. The third-order valence-electron chi connectivity index (χ3n) is 4.23. The third kappa shape index (κ3) is 5.30. The van der Waals surface area contributed by atoms with Gasteiger partial charge in [-0.15, -0.1) is 0 Å². The zero-order valence-corrected chi connectivity index (χ0v) is 13.7. The Labute approximate surface area is 133 Å². The van der Waals surface area contributed by atoms with E-state index in [1.165, 1.54) is 12.8 Å². The van der Waals surface area contributed by atoms with E-state index in [4.69, 9.17) is 5.73 Å². The van der Waals surface area contributed by atoms with Crippen molar-refractivity contribution in [2.75, 3.05) is 18.0 Å². The Morgan fingerprint density at radius 2 is 2.18 bits per heavy atom. The van der Waals surface area contributed by atoms with E-state index < -0.39 is 0 Å². The molecule has 2 rings (SSSR count). The van der Waals surface area contributed by atoms with Gasteiger partial charge in [0.2, 0.25) is 5.91 Å². The highest BCUT2D eigenvalue weighted by molar-refractivity contribution is 5.75. The summed E-state index contributed by atoms with van der Waals surface area (Å²) < 4.78 is 0. The summed E-state index contributed by atoms with van der Waals surface area (Å²) in [7, 11) is 0. The third-order valence-corrected chi connectivity index (χ3v) is 4.23. The molecule has 1 amide bonds. The van der Waals surface area contributed by atoms with Crippen molar-refractivity contribution in [3.8, 4) is 0 Å². The molecule has 0 radical (unpaired) electrons. The first-order valence-electron chi connectivity index (χ1n) is 8.26. The Morgan fingerprint density at radius 1 is 1.45 bits per heavy atom. The topological polar surface area (TPSA) is 71.2 Å². The van der Waals surface area contributed by atoms with E-state index in [1.54, 1.807) is 0 Å². The molecule has 1 aliphatic rings. The van der Waals surface area contributed by atoms with E-state index in [0.717, 1.165) is 36.8 Å². The number of nitrogens with two attached hydrogens (primary N) is 1. The predicted octanol–water partition coefficient (Wildman–Crippen LogP) is 2.06. The maximum Gasteiger partial charge on any atom is 0.220 e. The molecule has 1 aromatic rings. The van der Waals surface area contributed by atoms with Gasteiger partial charge in [0.15, 0.2) is 0 Å². The summed E-state index contributed by atoms with van der Waals surface area (Å²) in [4.78, 5) is 18.5. The van der Waals surface area contributed by atoms with Crippen molar-refractivity contribution in [1.82, 2.24) is 10.3 Å². The normalized spacial score (nSPS) is 17.3. The quantitative estimate of drug-likeness (QED) is 0.844. The molecule has 122 valence electrons. The van der Waals surface area contributed by atoms with Gasteiger partial charge in [-0.3, -0.25) is 4.79 Å². The summed E-state index contributed by atoms with van der Waals surface area (Å²) in [6, 6.07) is 4.17. The fourth-order valence-electron chi connectivity index (χ4n) is 2.59. The molecule has 0 spiro atoms. The second kappa shape index (κ2) is 8.13. The van der Waals surface area contributed by atoms with Gasteiger partial charge < -0.3 is 16.0 Å². The first kappa shape index (κ1) is 16.7. The number of hydrogen-bond acceptors (Lipinski definition) is 4. The zero-order chi connectivity index (χ0) is 15.9. The van der Waals surface area contributed by atoms with Crippen molar-refractivity contribution in [2.24, 2.45) is 11.7 Å². The van der Waals surface area contributed by atoms with Gasteiger partial charge in [-0.05, 0) is 43.7 Å². The lowest BCUT2D eigenvalue weighted by molar-refractivity contribution is -0.121. The van der Waals surface area contributed by atoms with Crippen LogP contribution < -0.4 is 16.0 Å². The standard InChI is InChI=1S/C17H28N4O/c1-13-7-9-21(10-8-13)16-5-4-15(11-19-16)12-20-17(22)6-3-14(2)18/h4-5,11,13-14H,3,6-10,12,18H2,1-2H3,(H,20,22). The minimum atomic E-state index is 0.0476. The van der Waals surface area contributed by atoms with Crippen LogP contribution in [0.5, 0.6) is 0 Å². The van der Waals surface area contributed by atoms with Crippen LogP contribution in [0, 0.1) is 5.92 Å². The average Bonchev–Trinajstić information content (AvgIpc) is 2.52. The van der Waals surface area contributed by atoms with Gasteiger partial charge in [-0.2, -0.15) is 0 Å². The maximum atomic E-state index is 11.7. The molecule has 0 aliphatic carbocycles. The Balaban J connectivity index is 1.78. The summed E-state index contributed by atoms with van der Waals surface area (Å²) in [5.41, 5.74) is 6.68. The number of aromatic nitrogens is 1. The number of piperidine rings is 1. The Kier molecular flexibility index (Phi) is 6.19. The number of carbonyl (C=O) groups is 1. The Hall–Kier alpha value is -1.62. The number of pyridine rings is 1. The lowest BCUT2D eigenvalue weighted by Crippen LogP contribution is -2.33. The SMILES string of the molecule is CC(N)CCC(=O)NCc1ccc(N2CCC(C)CC2)nc1. The van der Waals surface area contributed by atoms with Crippen molar-refractivity contribution in [2.45, 2.75) is 52.1 Å². The Bertz CT molecular complexity index is 464. The summed E-state index contributed by atoms with van der Waals surface area (Å²) in [5, 5.41) is 2.91. The lowest BCUT2D eigenvalue weighted by atomic mass is 9.99. The van der Waals surface area contributed by atoms with Crippen molar-refractivity contribution in [3.05, 3.63) is 23.9 Å². The van der Waals surface area contributed by atoms with Crippen LogP contribution in [0.3, 0.4) is 0 Å². The molecule has 0 bridgehead atoms. The minimum absolute atomic E-state index is 0.0476. The molecule has 2 heterocycles. The summed E-state index contributed by atoms with van der Waals surface area (Å²) in [5.74, 6) is 1.91. The smallest absolute Gasteiger partial charge is 0.220 e. The fraction of sp³-hybridized carbons (Fsp3) is 0.647. The van der Waals surface area contributed by atoms with Crippen LogP contribution in [-0.4, -0.2) is 30.0 Å². The molecule has 5 nitrogen and oxygen atoms in total. The van der Waals surface area contributed by atoms with Crippen LogP contribution in [0.4, 0.5) is 5.82 Å². The fourth-order valence-corrected chi connectivity index (χ4v) is 2.59. The van der Waals surface area contributed by atoms with E-state index in [0.29, 0.717) is 13.0 Å². The van der Waals surface area contributed by atoms with Gasteiger partial charge >= 0.3 is 0 Å². The van der Waals surface area contributed by atoms with Crippen molar-refractivity contribution in [1.29, 1.82) is 0 Å². The molecular formula is C17H28N4O. The monoisotopic (exact) mass is 304 g/mol. The van der Waals surface area contributed by atoms with Gasteiger partial charge in [-0.1, -0.05) is 13.0 Å². The number of rotatable bonds is 6. The Morgan fingerprint density at radius 3 is 2.77 bits per heavy atom. The van der Waals surface area contributed by atoms with Gasteiger partial charge in [0, 0.05) is 38.3 Å². The van der Waals surface area contributed by atoms with E-state index in [1.807, 2.05) is 19.2 Å². The second-order valence-electron chi connectivity index (χ2n) is 6.49. The van der Waals surface area contributed by atoms with E-state index in [9.17, 15) is 4.79 Å². The largest absolute Gasteiger partial charge is 0.357 e. The highest BCUT2D eigenvalue weighted by atomic mass is 16.1. The van der Waals surface area contributed by atoms with Crippen LogP contribution in [0.15, 0.2) is 18.3 Å². The van der Waals surface area contributed by atoms with Crippen LogP contribution in [0.25, 0.3) is 0 Å². The van der Waals surface area contributed by atoms with E-state index >= 15 is 0 Å². The highest BCUT2D eigenvalue weighted by Gasteiger charge is 2.16. The molecule has 22 heavy (non-hydrogen) atoms. The molecule has 1 fully saturated rings. The molecule has 5 heteroatoms. The van der Waals surface area contributed by atoms with Crippen LogP contribution >= 0.6 is 0 Å². The average molecular weight is 304 g/mol. The second-order valence-corrected chi connectivity index (χ2v) is 6.49. The maximum absolute atomic E-state index is 11.7. The number of nitrogens with one attached hydrogen (secondary N) is 1. The molecule has 3 N–H and O–H groups in total. The molecule has 1 saturated heterocycles. The van der Waals surface area contributed by atoms with Crippen molar-refractivity contribution >= 4 is 11.7 Å². The molecule has 0 saturated carbocycles. The van der Waals surface area contributed by atoms with E-state index in [2.05, 4.69) is 28.2 Å². The van der Waals surface area contributed by atoms with Gasteiger partial charge in [0.1, 0.15) is 5.82 Å². The summed E-state index contributed by atoms with van der Waals surface area (Å²) in [6.45, 7) is 6.92. The van der Waals surface area contributed by atoms with Crippen molar-refractivity contribution < 1.29 is 4.79 Å². The van der Waals surface area contributed by atoms with Crippen LogP contribution in [0.1, 0.15) is 45.1 Å². The van der Waals surface area contributed by atoms with Gasteiger partial charge in [0.25, 0.3) is 0 Å². The molecule has 1 aromatic heterocycles. The van der Waals surface area contributed by atoms with Crippen molar-refractivity contribution in [3.63, 3.8) is 0 Å². The molecule has 0 aromatic carbocycles. The highest BCUT2D eigenvalue weighted by Crippen LogP contribution is 2.21. The first-order valence-corrected chi connectivity index (χ1v) is 8.26. The van der Waals surface area contributed by atoms with Crippen LogP contribution in [-0.2, 0) is 11.3 Å². The molecule has 1 unspecified atom stereocenters. The predicted molar refractivity (Wildman–Crippen MR) is 89.6 cm³/mol. The number of amides is 1. The first-order chi connectivity index (χ1) is 10.5. The lowest BCUT2D eigenvalue weighted by Gasteiger charge is -2.31. The summed E-state index contributed by atoms with van der Waals surface area (Å²) >= 11 is 0. The number of nitrogens with zero attached hydrogens (tertiary/aromatic N) is 2. The van der Waals surface area contributed by atoms with E-state index in [-0.39, 0.29) is 11.9 Å². The zero-order valence-electron chi connectivity index (χ0n) is 13.7. The summed E-state index contributed by atoms with van der Waals surface area (Å²) in [6.07, 6.45) is 5.53. The number of carbonyl (C=O) groups excluding carboxylic acids is 1. The van der Waals surface area contributed by atoms with Crippen LogP contribution in [0.2, 0.25) is 0 Å². The minimum Gasteiger partial charge on any atom is -0.357 e. The molecule has 1 atom stereocenters. The number of anilines is 1. The molecular weight excluding hydrogens is 276 g/mol. The number of hydrogen-bond donors (Lipinski definition) is 2.